The highest BCUT2D eigenvalue weighted by atomic mass is 32.2. The van der Waals surface area contributed by atoms with Gasteiger partial charge >= 0.3 is 0 Å². The van der Waals surface area contributed by atoms with Gasteiger partial charge in [0.2, 0.25) is 0 Å². The highest BCUT2D eigenvalue weighted by Gasteiger charge is 1.95. The lowest BCUT2D eigenvalue weighted by atomic mass is 10.6. The molecule has 0 aliphatic rings. The van der Waals surface area contributed by atoms with Crippen LogP contribution in [0.3, 0.4) is 0 Å². The molecule has 0 rings (SSSR count). The van der Waals surface area contributed by atoms with Crippen molar-refractivity contribution in [3.05, 3.63) is 0 Å². The van der Waals surface area contributed by atoms with Crippen molar-refractivity contribution in [2.24, 2.45) is 0 Å². The lowest BCUT2D eigenvalue weighted by Gasteiger charge is -2.03. The Hall–Kier alpha value is 1.75. The lowest BCUT2D eigenvalue weighted by molar-refractivity contribution is 1.14. The largest absolute Gasteiger partial charge is 0.179 e. The Kier molecular flexibility index (Phi) is 14.4. The van der Waals surface area contributed by atoms with Crippen LogP contribution in [0.25, 0.3) is 0 Å². The molecule has 1 unspecified atom stereocenters. The van der Waals surface area contributed by atoms with Gasteiger partial charge in [0, 0.05) is 39.8 Å². The number of hydrogen-bond donors (Lipinski definition) is 2. The van der Waals surface area contributed by atoms with Gasteiger partial charge in [-0.2, -0.15) is 60.5 Å². The van der Waals surface area contributed by atoms with Gasteiger partial charge in [-0.3, -0.25) is 0 Å². The van der Waals surface area contributed by atoms with E-state index in [-0.39, 0.29) is 0 Å². The van der Waals surface area contributed by atoms with Crippen molar-refractivity contribution in [2.75, 3.05) is 40.3 Å². The summed E-state index contributed by atoms with van der Waals surface area (Å²) in [6.07, 6.45) is 0. The van der Waals surface area contributed by atoms with Gasteiger partial charge in [0.05, 0.1) is 0 Å². The first kappa shape index (κ1) is 15.8. The van der Waals surface area contributed by atoms with Crippen LogP contribution in [0.5, 0.6) is 0 Å². The van der Waals surface area contributed by atoms with Crippen LogP contribution in [0, 0.1) is 0 Å². The zero-order chi connectivity index (χ0) is 10.6. The van der Waals surface area contributed by atoms with Gasteiger partial charge in [0.25, 0.3) is 0 Å². The van der Waals surface area contributed by atoms with Gasteiger partial charge in [-0.05, 0) is 5.75 Å². The Bertz CT molecular complexity index is 107. The average Bonchev–Trinajstić information content (AvgIpc) is 2.15. The molecule has 5 heteroatoms. The quantitative estimate of drug-likeness (QED) is 0.467. The third kappa shape index (κ3) is 13.8. The molecule has 0 bridgehead atoms. The minimum atomic E-state index is 0.538. The van der Waals surface area contributed by atoms with Crippen LogP contribution in [0.2, 0.25) is 0 Å². The molecule has 0 saturated heterocycles. The molecular formula is C9H20S5. The molecule has 0 fully saturated rings. The summed E-state index contributed by atoms with van der Waals surface area (Å²) in [6.45, 7) is 2.15. The van der Waals surface area contributed by atoms with Crippen LogP contribution in [0.1, 0.15) is 6.92 Å². The lowest BCUT2D eigenvalue weighted by Crippen LogP contribution is -1.97. The SMILES string of the molecule is CC(S)CSCCSCCSCCS. The molecule has 0 N–H and O–H groups in total. The minimum Gasteiger partial charge on any atom is -0.179 e. The first-order chi connectivity index (χ1) is 6.77. The molecule has 0 aromatic rings. The van der Waals surface area contributed by atoms with E-state index in [1.165, 1.54) is 34.5 Å². The monoisotopic (exact) mass is 288 g/mol. The normalized spacial score (nSPS) is 13.1. The Morgan fingerprint density at radius 3 is 1.93 bits per heavy atom. The van der Waals surface area contributed by atoms with Crippen molar-refractivity contribution in [2.45, 2.75) is 12.2 Å². The molecule has 0 aromatic heterocycles. The highest BCUT2D eigenvalue weighted by Crippen LogP contribution is 2.12. The minimum absolute atomic E-state index is 0.538. The second kappa shape index (κ2) is 12.8. The second-order valence-corrected chi connectivity index (χ2v) is 7.80. The Morgan fingerprint density at radius 1 is 0.929 bits per heavy atom. The Balaban J connectivity index is 2.85. The smallest absolute Gasteiger partial charge is 0.00791 e. The van der Waals surface area contributed by atoms with Crippen molar-refractivity contribution in [3.63, 3.8) is 0 Å². The van der Waals surface area contributed by atoms with E-state index in [9.17, 15) is 0 Å². The molecule has 0 nitrogen and oxygen atoms in total. The molecule has 86 valence electrons. The summed E-state index contributed by atoms with van der Waals surface area (Å²) >= 11 is 14.6. The zero-order valence-corrected chi connectivity index (χ0v) is 12.9. The van der Waals surface area contributed by atoms with Crippen molar-refractivity contribution in [3.8, 4) is 0 Å². The molecule has 0 spiro atoms. The fraction of sp³-hybridized carbons (Fsp3) is 1.00. The van der Waals surface area contributed by atoms with Crippen molar-refractivity contribution < 1.29 is 0 Å². The molecule has 0 aliphatic heterocycles. The maximum Gasteiger partial charge on any atom is 0.00791 e. The van der Waals surface area contributed by atoms with Gasteiger partial charge in [0.1, 0.15) is 0 Å². The van der Waals surface area contributed by atoms with Crippen LogP contribution < -0.4 is 0 Å². The van der Waals surface area contributed by atoms with E-state index in [0.717, 1.165) is 5.75 Å². The molecule has 0 amide bonds. The first-order valence-electron chi connectivity index (χ1n) is 4.79. The van der Waals surface area contributed by atoms with Gasteiger partial charge in [0.15, 0.2) is 0 Å². The molecule has 0 saturated carbocycles. The first-order valence-corrected chi connectivity index (χ1v) is 9.41. The fourth-order valence-corrected chi connectivity index (χ4v) is 4.39. The maximum absolute atomic E-state index is 4.34. The summed E-state index contributed by atoms with van der Waals surface area (Å²) in [5.41, 5.74) is 0. The summed E-state index contributed by atoms with van der Waals surface area (Å²) in [4.78, 5) is 0. The number of rotatable bonds is 10. The molecule has 0 aliphatic carbocycles. The van der Waals surface area contributed by atoms with Crippen molar-refractivity contribution >= 4 is 60.5 Å². The zero-order valence-electron chi connectivity index (χ0n) is 8.65. The van der Waals surface area contributed by atoms with Crippen molar-refractivity contribution in [1.82, 2.24) is 0 Å². The Labute approximate surface area is 112 Å². The number of hydrogen-bond acceptors (Lipinski definition) is 5. The van der Waals surface area contributed by atoms with Crippen LogP contribution in [-0.4, -0.2) is 45.5 Å². The van der Waals surface area contributed by atoms with E-state index in [2.05, 4.69) is 43.9 Å². The molecule has 14 heavy (non-hydrogen) atoms. The predicted octanol–water partition coefficient (Wildman–Crippen LogP) is 3.43. The average molecular weight is 289 g/mol. The summed E-state index contributed by atoms with van der Waals surface area (Å²) in [6, 6.07) is 0. The Morgan fingerprint density at radius 2 is 1.43 bits per heavy atom. The van der Waals surface area contributed by atoms with Gasteiger partial charge < -0.3 is 0 Å². The van der Waals surface area contributed by atoms with Crippen molar-refractivity contribution in [1.29, 1.82) is 0 Å². The van der Waals surface area contributed by atoms with E-state index in [1.807, 2.05) is 23.5 Å². The van der Waals surface area contributed by atoms with Crippen LogP contribution in [0.15, 0.2) is 0 Å². The third-order valence-electron chi connectivity index (χ3n) is 1.34. The number of thioether (sulfide) groups is 3. The fourth-order valence-electron chi connectivity index (χ4n) is 0.758. The van der Waals surface area contributed by atoms with E-state index in [1.54, 1.807) is 0 Å². The standard InChI is InChI=1S/C9H20S5/c1-9(11)8-14-7-6-13-5-4-12-3-2-10/h9-11H,2-8H2,1H3. The predicted molar refractivity (Wildman–Crippen MR) is 84.3 cm³/mol. The molecule has 0 aromatic carbocycles. The summed E-state index contributed by atoms with van der Waals surface area (Å²) < 4.78 is 0. The van der Waals surface area contributed by atoms with Crippen LogP contribution in [-0.2, 0) is 0 Å². The third-order valence-corrected chi connectivity index (χ3v) is 6.01. The van der Waals surface area contributed by atoms with Gasteiger partial charge in [-0.1, -0.05) is 6.92 Å². The summed E-state index contributed by atoms with van der Waals surface area (Å²) in [7, 11) is 0. The van der Waals surface area contributed by atoms with E-state index in [0.29, 0.717) is 5.25 Å². The van der Waals surface area contributed by atoms with E-state index >= 15 is 0 Å². The van der Waals surface area contributed by atoms with Gasteiger partial charge in [-0.25, -0.2) is 0 Å². The highest BCUT2D eigenvalue weighted by molar-refractivity contribution is 8.04. The van der Waals surface area contributed by atoms with Crippen LogP contribution >= 0.6 is 60.5 Å². The summed E-state index contributed by atoms with van der Waals surface area (Å²) in [5, 5.41) is 0.538. The van der Waals surface area contributed by atoms with E-state index < -0.39 is 0 Å². The molecule has 0 heterocycles. The molecular weight excluding hydrogens is 268 g/mol. The van der Waals surface area contributed by atoms with Crippen LogP contribution in [0.4, 0.5) is 0 Å². The second-order valence-electron chi connectivity index (χ2n) is 2.87. The topological polar surface area (TPSA) is 0 Å². The summed E-state index contributed by atoms with van der Waals surface area (Å²) in [5.74, 6) is 8.49. The maximum atomic E-state index is 4.34. The molecule has 1 atom stereocenters. The van der Waals surface area contributed by atoms with E-state index in [4.69, 9.17) is 0 Å². The number of thiol groups is 2. The van der Waals surface area contributed by atoms with Gasteiger partial charge in [-0.15, -0.1) is 0 Å². The molecule has 0 radical (unpaired) electrons.